The number of benzene rings is 1. The average molecular weight is 338 g/mol. The summed E-state index contributed by atoms with van der Waals surface area (Å²) in [5.74, 6) is -2.33. The molecule has 7 heteroatoms. The van der Waals surface area contributed by atoms with Gasteiger partial charge >= 0.3 is 0 Å². The monoisotopic (exact) mass is 338 g/mol. The average Bonchev–Trinajstić information content (AvgIpc) is 2.97. The molecule has 1 aromatic carbocycles. The summed E-state index contributed by atoms with van der Waals surface area (Å²) in [5, 5.41) is 4.52. The smallest absolute Gasteiger partial charge is 0.225 e. The first kappa shape index (κ1) is 17.1. The van der Waals surface area contributed by atoms with Crippen molar-refractivity contribution >= 4 is 28.8 Å². The molecule has 23 heavy (non-hydrogen) atoms. The highest BCUT2D eigenvalue weighted by atomic mass is 32.1. The van der Waals surface area contributed by atoms with Crippen LogP contribution in [0.2, 0.25) is 0 Å². The van der Waals surface area contributed by atoms with E-state index in [2.05, 4.69) is 5.32 Å². The first-order valence-electron chi connectivity index (χ1n) is 7.00. The second-order valence-corrected chi connectivity index (χ2v) is 5.88. The van der Waals surface area contributed by atoms with Crippen molar-refractivity contribution in [1.82, 2.24) is 5.32 Å². The number of nitrogens with one attached hydrogen (secondary N) is 1. The lowest BCUT2D eigenvalue weighted by Gasteiger charge is -2.22. The molecule has 0 aliphatic carbocycles. The molecule has 122 valence electrons. The number of hydrogen-bond acceptors (Lipinski definition) is 3. The number of nitrogens with zero attached hydrogens (tertiary/aromatic N) is 1. The topological polar surface area (TPSA) is 49.4 Å². The van der Waals surface area contributed by atoms with E-state index in [4.69, 9.17) is 0 Å². The maximum Gasteiger partial charge on any atom is 0.225 e. The summed E-state index contributed by atoms with van der Waals surface area (Å²) < 4.78 is 27.6. The highest BCUT2D eigenvalue weighted by Crippen LogP contribution is 2.23. The molecule has 0 radical (unpaired) electrons. The summed E-state index contributed by atoms with van der Waals surface area (Å²) in [5.41, 5.74) is -0.396. The SMILES string of the molecule is CC(=O)N(CCNC(=O)Cc1cccs1)c1c(F)cccc1F. The van der Waals surface area contributed by atoms with E-state index in [0.29, 0.717) is 0 Å². The van der Waals surface area contributed by atoms with Crippen LogP contribution in [0.15, 0.2) is 35.7 Å². The van der Waals surface area contributed by atoms with Crippen LogP contribution in [0.4, 0.5) is 14.5 Å². The van der Waals surface area contributed by atoms with Crippen molar-refractivity contribution in [2.24, 2.45) is 0 Å². The van der Waals surface area contributed by atoms with Crippen molar-refractivity contribution < 1.29 is 18.4 Å². The molecule has 4 nitrogen and oxygen atoms in total. The summed E-state index contributed by atoms with van der Waals surface area (Å²) in [7, 11) is 0. The van der Waals surface area contributed by atoms with Gasteiger partial charge in [-0.05, 0) is 23.6 Å². The van der Waals surface area contributed by atoms with Gasteiger partial charge in [0.25, 0.3) is 0 Å². The van der Waals surface area contributed by atoms with Crippen LogP contribution in [0.5, 0.6) is 0 Å². The predicted octanol–water partition coefficient (Wildman–Crippen LogP) is 2.74. The van der Waals surface area contributed by atoms with Crippen molar-refractivity contribution in [1.29, 1.82) is 0 Å². The van der Waals surface area contributed by atoms with Crippen LogP contribution in [0, 0.1) is 11.6 Å². The molecule has 0 aliphatic rings. The zero-order chi connectivity index (χ0) is 16.8. The predicted molar refractivity (Wildman–Crippen MR) is 85.4 cm³/mol. The molecule has 0 saturated heterocycles. The number of carbonyl (C=O) groups is 2. The zero-order valence-electron chi connectivity index (χ0n) is 12.5. The fourth-order valence-corrected chi connectivity index (χ4v) is 2.82. The van der Waals surface area contributed by atoms with E-state index >= 15 is 0 Å². The van der Waals surface area contributed by atoms with Gasteiger partial charge in [-0.2, -0.15) is 0 Å². The number of amides is 2. The molecule has 2 amide bonds. The number of carbonyl (C=O) groups excluding carboxylic acids is 2. The van der Waals surface area contributed by atoms with Gasteiger partial charge in [-0.3, -0.25) is 9.59 Å². The van der Waals surface area contributed by atoms with Crippen LogP contribution in [0.3, 0.4) is 0 Å². The van der Waals surface area contributed by atoms with E-state index in [9.17, 15) is 18.4 Å². The lowest BCUT2D eigenvalue weighted by molar-refractivity contribution is -0.120. The minimum atomic E-state index is -0.815. The number of halogens is 2. The van der Waals surface area contributed by atoms with Gasteiger partial charge in [-0.15, -0.1) is 11.3 Å². The van der Waals surface area contributed by atoms with Gasteiger partial charge < -0.3 is 10.2 Å². The lowest BCUT2D eigenvalue weighted by atomic mass is 10.2. The molecule has 0 fully saturated rings. The third-order valence-corrected chi connectivity index (χ3v) is 4.04. The van der Waals surface area contributed by atoms with Gasteiger partial charge in [0, 0.05) is 24.9 Å². The molecule has 1 heterocycles. The Morgan fingerprint density at radius 2 is 1.87 bits per heavy atom. The molecular weight excluding hydrogens is 322 g/mol. The van der Waals surface area contributed by atoms with Crippen molar-refractivity contribution in [2.75, 3.05) is 18.0 Å². The maximum atomic E-state index is 13.8. The molecule has 0 aliphatic heterocycles. The fourth-order valence-electron chi connectivity index (χ4n) is 2.11. The highest BCUT2D eigenvalue weighted by molar-refractivity contribution is 7.10. The third kappa shape index (κ3) is 4.59. The van der Waals surface area contributed by atoms with E-state index < -0.39 is 23.2 Å². The summed E-state index contributed by atoms with van der Waals surface area (Å²) in [4.78, 5) is 25.3. The largest absolute Gasteiger partial charge is 0.354 e. The Hall–Kier alpha value is -2.28. The summed E-state index contributed by atoms with van der Waals surface area (Å²) in [6, 6.07) is 7.11. The number of para-hydroxylation sites is 1. The lowest BCUT2D eigenvalue weighted by Crippen LogP contribution is -2.38. The van der Waals surface area contributed by atoms with Crippen LogP contribution in [0.25, 0.3) is 0 Å². The van der Waals surface area contributed by atoms with Crippen LogP contribution in [-0.4, -0.2) is 24.9 Å². The van der Waals surface area contributed by atoms with Crippen molar-refractivity contribution in [3.05, 3.63) is 52.2 Å². The zero-order valence-corrected chi connectivity index (χ0v) is 13.3. The fraction of sp³-hybridized carbons (Fsp3) is 0.250. The van der Waals surface area contributed by atoms with Crippen LogP contribution >= 0.6 is 11.3 Å². The van der Waals surface area contributed by atoms with E-state index in [1.807, 2.05) is 17.5 Å². The Kier molecular flexibility index (Phi) is 5.81. The molecule has 0 saturated carbocycles. The minimum Gasteiger partial charge on any atom is -0.354 e. The second kappa shape index (κ2) is 7.82. The third-order valence-electron chi connectivity index (χ3n) is 3.16. The van der Waals surface area contributed by atoms with Crippen LogP contribution < -0.4 is 10.2 Å². The van der Waals surface area contributed by atoms with Gasteiger partial charge in [-0.25, -0.2) is 8.78 Å². The Balaban J connectivity index is 1.95. The van der Waals surface area contributed by atoms with Crippen molar-refractivity contribution in [3.63, 3.8) is 0 Å². The maximum absolute atomic E-state index is 13.8. The quantitative estimate of drug-likeness (QED) is 0.880. The molecule has 1 N–H and O–H groups in total. The van der Waals surface area contributed by atoms with E-state index in [1.165, 1.54) is 24.3 Å². The summed E-state index contributed by atoms with van der Waals surface area (Å²) in [6.45, 7) is 1.32. The molecule has 2 aromatic rings. The molecule has 1 aromatic heterocycles. The second-order valence-electron chi connectivity index (χ2n) is 4.85. The molecule has 0 spiro atoms. The number of hydrogen-bond donors (Lipinski definition) is 1. The van der Waals surface area contributed by atoms with Crippen LogP contribution in [-0.2, 0) is 16.0 Å². The van der Waals surface area contributed by atoms with E-state index in [0.717, 1.165) is 21.9 Å². The number of rotatable bonds is 6. The Bertz CT molecular complexity index is 669. The standard InChI is InChI=1S/C16H16F2N2O2S/c1-11(21)20(16-13(17)5-2-6-14(16)18)8-7-19-15(22)10-12-4-3-9-23-12/h2-6,9H,7-8,10H2,1H3,(H,19,22). The summed E-state index contributed by atoms with van der Waals surface area (Å²) in [6.07, 6.45) is 0.242. The Morgan fingerprint density at radius 3 is 2.43 bits per heavy atom. The molecule has 0 atom stereocenters. The molecule has 0 bridgehead atoms. The van der Waals surface area contributed by atoms with Gasteiger partial charge in [0.2, 0.25) is 11.8 Å². The first-order valence-corrected chi connectivity index (χ1v) is 7.88. The van der Waals surface area contributed by atoms with Crippen molar-refractivity contribution in [2.45, 2.75) is 13.3 Å². The van der Waals surface area contributed by atoms with Gasteiger partial charge in [0.05, 0.1) is 6.42 Å². The molecule has 2 rings (SSSR count). The molecular formula is C16H16F2N2O2S. The number of anilines is 1. The highest BCUT2D eigenvalue weighted by Gasteiger charge is 2.20. The van der Waals surface area contributed by atoms with Crippen molar-refractivity contribution in [3.8, 4) is 0 Å². The normalized spacial score (nSPS) is 10.4. The number of thiophene rings is 1. The first-order chi connectivity index (χ1) is 11.0. The summed E-state index contributed by atoms with van der Waals surface area (Å²) >= 11 is 1.47. The van der Waals surface area contributed by atoms with Gasteiger partial charge in [0.15, 0.2) is 0 Å². The van der Waals surface area contributed by atoms with E-state index in [1.54, 1.807) is 0 Å². The van der Waals surface area contributed by atoms with Crippen LogP contribution in [0.1, 0.15) is 11.8 Å². The van der Waals surface area contributed by atoms with Gasteiger partial charge in [-0.1, -0.05) is 12.1 Å². The minimum absolute atomic E-state index is 0.0105. The Labute approximate surface area is 136 Å². The Morgan fingerprint density at radius 1 is 1.17 bits per heavy atom. The van der Waals surface area contributed by atoms with Gasteiger partial charge in [0.1, 0.15) is 17.3 Å². The van der Waals surface area contributed by atoms with E-state index in [-0.39, 0.29) is 25.4 Å². The molecule has 0 unspecified atom stereocenters.